The van der Waals surface area contributed by atoms with Gasteiger partial charge in [-0.25, -0.2) is 0 Å². The number of aliphatic hydroxyl groups is 1. The Kier molecular flexibility index (Phi) is 11.4. The summed E-state index contributed by atoms with van der Waals surface area (Å²) in [4.78, 5) is 50.5. The standard InChI is InChI=1S/C27H40N2O6/c1-17(2)13-21(15-24(31)35-16-19-9-6-5-7-10-19)26(33)29-22(14-20-11-8-12-23(20)30)25(32)27(34)28-18(3)4/h5-7,9-10,17-18,20-22,25,32H,8,11-16H2,1-4H3,(H,28,34)(H,29,33)/t20?,21-,22+,25?/m1/s1. The quantitative estimate of drug-likeness (QED) is 0.367. The van der Waals surface area contributed by atoms with E-state index in [0.717, 1.165) is 12.0 Å². The summed E-state index contributed by atoms with van der Waals surface area (Å²) in [5, 5.41) is 16.2. The van der Waals surface area contributed by atoms with Gasteiger partial charge in [-0.2, -0.15) is 0 Å². The van der Waals surface area contributed by atoms with Crippen molar-refractivity contribution in [3.05, 3.63) is 35.9 Å². The number of amides is 2. The van der Waals surface area contributed by atoms with Crippen LogP contribution >= 0.6 is 0 Å². The monoisotopic (exact) mass is 488 g/mol. The van der Waals surface area contributed by atoms with Gasteiger partial charge < -0.3 is 20.5 Å². The first kappa shape index (κ1) is 28.5. The van der Waals surface area contributed by atoms with Crippen molar-refractivity contribution in [2.75, 3.05) is 0 Å². The van der Waals surface area contributed by atoms with E-state index in [1.807, 2.05) is 44.2 Å². The zero-order valence-corrected chi connectivity index (χ0v) is 21.3. The highest BCUT2D eigenvalue weighted by molar-refractivity contribution is 5.87. The lowest BCUT2D eigenvalue weighted by Crippen LogP contribution is -2.53. The number of esters is 1. The minimum absolute atomic E-state index is 0.0870. The molecule has 8 nitrogen and oxygen atoms in total. The molecule has 2 amide bonds. The van der Waals surface area contributed by atoms with Crippen molar-refractivity contribution >= 4 is 23.6 Å². The van der Waals surface area contributed by atoms with Gasteiger partial charge in [-0.15, -0.1) is 0 Å². The second-order valence-electron chi connectivity index (χ2n) is 10.2. The van der Waals surface area contributed by atoms with E-state index < -0.39 is 35.8 Å². The van der Waals surface area contributed by atoms with Crippen molar-refractivity contribution in [2.24, 2.45) is 17.8 Å². The summed E-state index contributed by atoms with van der Waals surface area (Å²) in [6.07, 6.45) is 0.926. The van der Waals surface area contributed by atoms with Gasteiger partial charge in [0.1, 0.15) is 12.4 Å². The number of hydrogen-bond acceptors (Lipinski definition) is 6. The number of carbonyl (C=O) groups is 4. The van der Waals surface area contributed by atoms with Gasteiger partial charge in [-0.1, -0.05) is 44.2 Å². The molecule has 1 aliphatic carbocycles. The lowest BCUT2D eigenvalue weighted by atomic mass is 9.90. The van der Waals surface area contributed by atoms with Gasteiger partial charge in [0.15, 0.2) is 6.10 Å². The number of rotatable bonds is 13. The predicted molar refractivity (Wildman–Crippen MR) is 132 cm³/mol. The van der Waals surface area contributed by atoms with E-state index in [0.29, 0.717) is 19.3 Å². The Labute approximate surface area is 208 Å². The van der Waals surface area contributed by atoms with Crippen molar-refractivity contribution in [1.82, 2.24) is 10.6 Å². The highest BCUT2D eigenvalue weighted by atomic mass is 16.5. The summed E-state index contributed by atoms with van der Waals surface area (Å²) in [5.41, 5.74) is 0.853. The Morgan fingerprint density at radius 2 is 1.74 bits per heavy atom. The molecule has 2 rings (SSSR count). The molecule has 0 aliphatic heterocycles. The molecule has 35 heavy (non-hydrogen) atoms. The number of nitrogens with one attached hydrogen (secondary N) is 2. The minimum Gasteiger partial charge on any atom is -0.461 e. The first-order chi connectivity index (χ1) is 16.6. The van der Waals surface area contributed by atoms with Gasteiger partial charge in [0.05, 0.1) is 12.5 Å². The predicted octanol–water partition coefficient (Wildman–Crippen LogP) is 2.91. The molecule has 8 heteroatoms. The van der Waals surface area contributed by atoms with Crippen LogP contribution in [-0.4, -0.2) is 46.9 Å². The Hall–Kier alpha value is -2.74. The lowest BCUT2D eigenvalue weighted by molar-refractivity contribution is -0.148. The van der Waals surface area contributed by atoms with Crippen molar-refractivity contribution in [3.63, 3.8) is 0 Å². The maximum absolute atomic E-state index is 13.3. The van der Waals surface area contributed by atoms with Crippen molar-refractivity contribution in [3.8, 4) is 0 Å². The third kappa shape index (κ3) is 9.80. The van der Waals surface area contributed by atoms with Crippen molar-refractivity contribution in [2.45, 2.75) is 91.0 Å². The molecule has 1 aromatic carbocycles. The van der Waals surface area contributed by atoms with Crippen LogP contribution in [0, 0.1) is 17.8 Å². The normalized spacial score (nSPS) is 18.3. The fourth-order valence-corrected chi connectivity index (χ4v) is 4.41. The number of ether oxygens (including phenoxy) is 1. The molecule has 0 spiro atoms. The molecule has 4 atom stereocenters. The Bertz CT molecular complexity index is 854. The fraction of sp³-hybridized carbons (Fsp3) is 0.630. The van der Waals surface area contributed by atoms with Crippen LogP contribution in [0.3, 0.4) is 0 Å². The molecule has 1 saturated carbocycles. The second-order valence-corrected chi connectivity index (χ2v) is 10.2. The fourth-order valence-electron chi connectivity index (χ4n) is 4.41. The molecule has 1 aliphatic rings. The molecule has 1 aromatic rings. The van der Waals surface area contributed by atoms with E-state index in [2.05, 4.69) is 10.6 Å². The van der Waals surface area contributed by atoms with E-state index in [1.54, 1.807) is 13.8 Å². The molecule has 0 saturated heterocycles. The lowest BCUT2D eigenvalue weighted by Gasteiger charge is -2.28. The highest BCUT2D eigenvalue weighted by Gasteiger charge is 2.36. The summed E-state index contributed by atoms with van der Waals surface area (Å²) in [5.74, 6) is -2.28. The van der Waals surface area contributed by atoms with E-state index in [4.69, 9.17) is 4.74 Å². The molecule has 3 N–H and O–H groups in total. The Balaban J connectivity index is 2.08. The second kappa shape index (κ2) is 14.0. The summed E-state index contributed by atoms with van der Waals surface area (Å²) in [7, 11) is 0. The number of ketones is 1. The number of hydrogen-bond donors (Lipinski definition) is 3. The zero-order valence-electron chi connectivity index (χ0n) is 21.3. The molecular formula is C27H40N2O6. The van der Waals surface area contributed by atoms with E-state index in [9.17, 15) is 24.3 Å². The molecule has 0 aromatic heterocycles. The largest absolute Gasteiger partial charge is 0.461 e. The maximum Gasteiger partial charge on any atom is 0.306 e. The summed E-state index contributed by atoms with van der Waals surface area (Å²) in [6.45, 7) is 7.58. The molecule has 0 radical (unpaired) electrons. The van der Waals surface area contributed by atoms with Gasteiger partial charge >= 0.3 is 5.97 Å². The minimum atomic E-state index is -1.50. The van der Waals surface area contributed by atoms with Crippen LogP contribution in [0.15, 0.2) is 30.3 Å². The molecule has 1 fully saturated rings. The van der Waals surface area contributed by atoms with Gasteiger partial charge in [0.2, 0.25) is 5.91 Å². The average molecular weight is 489 g/mol. The Morgan fingerprint density at radius 1 is 1.06 bits per heavy atom. The van der Waals surface area contributed by atoms with E-state index in [1.165, 1.54) is 0 Å². The third-order valence-electron chi connectivity index (χ3n) is 6.16. The number of aliphatic hydroxyl groups excluding tert-OH is 1. The molecule has 0 bridgehead atoms. The molecule has 194 valence electrons. The smallest absolute Gasteiger partial charge is 0.306 e. The van der Waals surface area contributed by atoms with Gasteiger partial charge in [0, 0.05) is 24.3 Å². The molecule has 2 unspecified atom stereocenters. The number of Topliss-reactive ketones (excluding diaryl/α,β-unsaturated/α-hetero) is 1. The average Bonchev–Trinajstić information content (AvgIpc) is 3.20. The third-order valence-corrected chi connectivity index (χ3v) is 6.16. The number of carbonyl (C=O) groups excluding carboxylic acids is 4. The van der Waals surface area contributed by atoms with Gasteiger partial charge in [0.25, 0.3) is 5.91 Å². The van der Waals surface area contributed by atoms with Crippen LogP contribution in [0.2, 0.25) is 0 Å². The highest BCUT2D eigenvalue weighted by Crippen LogP contribution is 2.27. The van der Waals surface area contributed by atoms with Crippen molar-refractivity contribution in [1.29, 1.82) is 0 Å². The number of benzene rings is 1. The first-order valence-electron chi connectivity index (χ1n) is 12.6. The summed E-state index contributed by atoms with van der Waals surface area (Å²) >= 11 is 0. The van der Waals surface area contributed by atoms with Crippen LogP contribution in [0.1, 0.15) is 71.8 Å². The van der Waals surface area contributed by atoms with E-state index >= 15 is 0 Å². The van der Waals surface area contributed by atoms with Crippen LogP contribution in [0.5, 0.6) is 0 Å². The SMILES string of the molecule is CC(C)C[C@H](CC(=O)OCc1ccccc1)C(=O)N[C@@H](CC1CCCC1=O)C(O)C(=O)NC(C)C. The summed E-state index contributed by atoms with van der Waals surface area (Å²) in [6, 6.07) is 8.17. The zero-order chi connectivity index (χ0) is 26.0. The van der Waals surface area contributed by atoms with Gasteiger partial charge in [-0.3, -0.25) is 19.2 Å². The van der Waals surface area contributed by atoms with Gasteiger partial charge in [-0.05, 0) is 51.0 Å². The summed E-state index contributed by atoms with van der Waals surface area (Å²) < 4.78 is 5.37. The van der Waals surface area contributed by atoms with Crippen LogP contribution in [0.25, 0.3) is 0 Å². The Morgan fingerprint density at radius 3 is 2.31 bits per heavy atom. The maximum atomic E-state index is 13.3. The van der Waals surface area contributed by atoms with E-state index in [-0.39, 0.29) is 43.1 Å². The van der Waals surface area contributed by atoms with Crippen LogP contribution < -0.4 is 10.6 Å². The van der Waals surface area contributed by atoms with Crippen molar-refractivity contribution < 1.29 is 29.0 Å². The molecule has 0 heterocycles. The van der Waals surface area contributed by atoms with Crippen LogP contribution in [0.4, 0.5) is 0 Å². The molecular weight excluding hydrogens is 448 g/mol. The van der Waals surface area contributed by atoms with Crippen LogP contribution in [-0.2, 0) is 30.5 Å². The first-order valence-corrected chi connectivity index (χ1v) is 12.6. The topological polar surface area (TPSA) is 122 Å².